The van der Waals surface area contributed by atoms with Gasteiger partial charge in [-0.15, -0.1) is 0 Å². The van der Waals surface area contributed by atoms with E-state index < -0.39 is 11.7 Å². The van der Waals surface area contributed by atoms with Crippen LogP contribution in [0.2, 0.25) is 0 Å². The van der Waals surface area contributed by atoms with Crippen molar-refractivity contribution < 1.29 is 18.3 Å². The highest BCUT2D eigenvalue weighted by atomic mass is 19.4. The van der Waals surface area contributed by atoms with Gasteiger partial charge in [-0.05, 0) is 19.3 Å². The maximum Gasteiger partial charge on any atom is 0.419 e. The van der Waals surface area contributed by atoms with E-state index in [0.29, 0.717) is 12.4 Å². The molecule has 1 spiro atoms. The maximum absolute atomic E-state index is 12.4. The number of alkyl halides is 3. The molecule has 7 heteroatoms. The van der Waals surface area contributed by atoms with Gasteiger partial charge in [0.1, 0.15) is 0 Å². The first-order valence-electron chi connectivity index (χ1n) is 6.30. The van der Waals surface area contributed by atoms with Gasteiger partial charge in [0.15, 0.2) is 0 Å². The smallest absolute Gasteiger partial charge is 0.392 e. The van der Waals surface area contributed by atoms with E-state index in [9.17, 15) is 18.3 Å². The average molecular weight is 271 g/mol. The van der Waals surface area contributed by atoms with Crippen molar-refractivity contribution >= 4 is 5.95 Å². The van der Waals surface area contributed by atoms with Crippen LogP contribution >= 0.6 is 0 Å². The Labute approximate surface area is 107 Å². The van der Waals surface area contributed by atoms with E-state index in [2.05, 4.69) is 9.97 Å². The molecule has 0 radical (unpaired) electrons. The Morgan fingerprint density at radius 3 is 2.37 bits per heavy atom. The van der Waals surface area contributed by atoms with Crippen molar-refractivity contribution in [3.05, 3.63) is 18.0 Å². The third kappa shape index (κ3) is 1.19. The molecule has 1 aromatic heterocycles. The van der Waals surface area contributed by atoms with Crippen LogP contribution in [0.5, 0.6) is 0 Å². The van der Waals surface area contributed by atoms with Crippen LogP contribution < -0.4 is 4.90 Å². The summed E-state index contributed by atoms with van der Waals surface area (Å²) in [5, 5.41) is 9.82. The van der Waals surface area contributed by atoms with Crippen molar-refractivity contribution in [2.75, 3.05) is 4.90 Å². The van der Waals surface area contributed by atoms with Crippen LogP contribution in [0.3, 0.4) is 0 Å². The van der Waals surface area contributed by atoms with Crippen LogP contribution in [0.4, 0.5) is 19.1 Å². The van der Waals surface area contributed by atoms with Gasteiger partial charge in [-0.25, -0.2) is 9.97 Å². The Bertz CT molecular complexity index is 524. The lowest BCUT2D eigenvalue weighted by Gasteiger charge is -2.78. The number of anilines is 1. The third-order valence-corrected chi connectivity index (χ3v) is 5.03. The molecule has 0 amide bonds. The quantitative estimate of drug-likeness (QED) is 0.843. The summed E-state index contributed by atoms with van der Waals surface area (Å²) in [6, 6.07) is 0.413. The number of nitrogens with zero attached hydrogens (tertiary/aromatic N) is 3. The van der Waals surface area contributed by atoms with Gasteiger partial charge >= 0.3 is 6.18 Å². The number of aromatic nitrogens is 2. The highest BCUT2D eigenvalue weighted by Gasteiger charge is 2.75. The zero-order valence-electron chi connectivity index (χ0n) is 9.93. The number of halogens is 3. The number of piperidine rings is 2. The lowest BCUT2D eigenvalue weighted by Crippen LogP contribution is -2.87. The molecule has 102 valence electrons. The Morgan fingerprint density at radius 1 is 1.26 bits per heavy atom. The lowest BCUT2D eigenvalue weighted by atomic mass is 9.41. The highest BCUT2D eigenvalue weighted by molar-refractivity contribution is 5.51. The standard InChI is InChI=1S/C12H12F3N3O/c13-12(14,15)6-4-16-10(17-5-6)18-7-1-2-11(7)8(18)3-9(11)19/h4-5,7-9,19H,1-3H2. The van der Waals surface area contributed by atoms with Crippen molar-refractivity contribution in [3.8, 4) is 0 Å². The number of aliphatic hydroxyl groups is 1. The number of aliphatic hydroxyl groups excluding tert-OH is 1. The van der Waals surface area contributed by atoms with E-state index in [1.807, 2.05) is 4.90 Å². The Kier molecular flexibility index (Phi) is 1.93. The SMILES string of the molecule is OC1CC2N(c3ncc(C(F)(F)F)cn3)C3CCC132. The molecule has 2 aliphatic carbocycles. The normalized spacial score (nSPS) is 39.6. The molecule has 1 aromatic rings. The summed E-state index contributed by atoms with van der Waals surface area (Å²) in [6.45, 7) is 0. The Balaban J connectivity index is 1.59. The third-order valence-electron chi connectivity index (χ3n) is 5.03. The molecule has 4 atom stereocenters. The van der Waals surface area contributed by atoms with E-state index in [1.54, 1.807) is 0 Å². The Morgan fingerprint density at radius 2 is 1.95 bits per heavy atom. The van der Waals surface area contributed by atoms with Crippen LogP contribution in [0.25, 0.3) is 0 Å². The first-order chi connectivity index (χ1) is 8.94. The van der Waals surface area contributed by atoms with Gasteiger partial charge in [0.2, 0.25) is 5.95 Å². The molecule has 0 aromatic carbocycles. The van der Waals surface area contributed by atoms with Crippen LogP contribution in [0, 0.1) is 5.41 Å². The van der Waals surface area contributed by atoms with E-state index in [4.69, 9.17) is 0 Å². The molecule has 19 heavy (non-hydrogen) atoms. The summed E-state index contributed by atoms with van der Waals surface area (Å²) in [4.78, 5) is 9.65. The molecule has 0 bridgehead atoms. The second-order valence-electron chi connectivity index (χ2n) is 5.61. The van der Waals surface area contributed by atoms with Crippen molar-refractivity contribution in [3.63, 3.8) is 0 Å². The van der Waals surface area contributed by atoms with Crippen molar-refractivity contribution in [1.82, 2.24) is 9.97 Å². The molecule has 1 saturated heterocycles. The topological polar surface area (TPSA) is 49.2 Å². The first kappa shape index (κ1) is 11.5. The number of hydrogen-bond acceptors (Lipinski definition) is 4. The molecule has 1 N–H and O–H groups in total. The largest absolute Gasteiger partial charge is 0.419 e. The summed E-state index contributed by atoms with van der Waals surface area (Å²) in [5.41, 5.74) is -0.836. The van der Waals surface area contributed by atoms with Gasteiger partial charge in [0, 0.05) is 29.9 Å². The lowest BCUT2D eigenvalue weighted by molar-refractivity contribution is -0.211. The predicted molar refractivity (Wildman–Crippen MR) is 59.4 cm³/mol. The molecule has 2 saturated carbocycles. The van der Waals surface area contributed by atoms with E-state index in [0.717, 1.165) is 25.2 Å². The van der Waals surface area contributed by atoms with Crippen molar-refractivity contribution in [2.24, 2.45) is 5.41 Å². The summed E-state index contributed by atoms with van der Waals surface area (Å²) in [7, 11) is 0. The minimum Gasteiger partial charge on any atom is -0.392 e. The minimum absolute atomic E-state index is 0.00788. The molecule has 1 aliphatic heterocycles. The zero-order valence-corrected chi connectivity index (χ0v) is 9.93. The maximum atomic E-state index is 12.4. The molecular weight excluding hydrogens is 259 g/mol. The van der Waals surface area contributed by atoms with Gasteiger partial charge in [0.05, 0.1) is 11.7 Å². The minimum atomic E-state index is -4.40. The molecule has 3 fully saturated rings. The zero-order chi connectivity index (χ0) is 13.4. The first-order valence-corrected chi connectivity index (χ1v) is 6.30. The van der Waals surface area contributed by atoms with Gasteiger partial charge < -0.3 is 10.0 Å². The van der Waals surface area contributed by atoms with Crippen molar-refractivity contribution in [2.45, 2.75) is 43.6 Å². The summed E-state index contributed by atoms with van der Waals surface area (Å²) in [5.74, 6) is 0.352. The predicted octanol–water partition coefficient (Wildman–Crippen LogP) is 1.60. The van der Waals surface area contributed by atoms with E-state index in [-0.39, 0.29) is 23.6 Å². The highest BCUT2D eigenvalue weighted by Crippen LogP contribution is 2.68. The van der Waals surface area contributed by atoms with Gasteiger partial charge in [-0.1, -0.05) is 0 Å². The van der Waals surface area contributed by atoms with Crippen LogP contribution in [-0.4, -0.2) is 33.3 Å². The second kappa shape index (κ2) is 3.20. The fraction of sp³-hybridized carbons (Fsp3) is 0.667. The van der Waals surface area contributed by atoms with Crippen LogP contribution in [-0.2, 0) is 6.18 Å². The molecule has 2 heterocycles. The summed E-state index contributed by atoms with van der Waals surface area (Å²) < 4.78 is 37.3. The molecule has 4 rings (SSSR count). The molecule has 4 unspecified atom stereocenters. The van der Waals surface area contributed by atoms with Crippen molar-refractivity contribution in [1.29, 1.82) is 0 Å². The van der Waals surface area contributed by atoms with Crippen LogP contribution in [0.1, 0.15) is 24.8 Å². The number of hydrogen-bond donors (Lipinski definition) is 1. The van der Waals surface area contributed by atoms with Gasteiger partial charge in [-0.3, -0.25) is 0 Å². The van der Waals surface area contributed by atoms with Gasteiger partial charge in [-0.2, -0.15) is 13.2 Å². The summed E-state index contributed by atoms with van der Waals surface area (Å²) in [6.07, 6.45) is -0.381. The Hall–Kier alpha value is -1.37. The number of rotatable bonds is 1. The molecule has 4 nitrogen and oxygen atoms in total. The molecule has 3 aliphatic rings. The van der Waals surface area contributed by atoms with E-state index >= 15 is 0 Å². The van der Waals surface area contributed by atoms with Crippen LogP contribution in [0.15, 0.2) is 12.4 Å². The monoisotopic (exact) mass is 271 g/mol. The molecular formula is C12H12F3N3O. The van der Waals surface area contributed by atoms with Gasteiger partial charge in [0.25, 0.3) is 0 Å². The average Bonchev–Trinajstić information content (AvgIpc) is 2.31. The summed E-state index contributed by atoms with van der Waals surface area (Å²) >= 11 is 0. The second-order valence-corrected chi connectivity index (χ2v) is 5.61. The fourth-order valence-corrected chi connectivity index (χ4v) is 3.88. The fourth-order valence-electron chi connectivity index (χ4n) is 3.88. The van der Waals surface area contributed by atoms with E-state index in [1.165, 1.54) is 0 Å².